The van der Waals surface area contributed by atoms with Gasteiger partial charge in [0.15, 0.2) is 0 Å². The van der Waals surface area contributed by atoms with Gasteiger partial charge in [0.25, 0.3) is 5.91 Å². The molecular weight excluding hydrogens is 334 g/mol. The minimum Gasteiger partial charge on any atom is -0.351 e. The second-order valence-electron chi connectivity index (χ2n) is 6.98. The molecular formula is C21H20F2N2O. The Bertz CT molecular complexity index is 938. The van der Waals surface area contributed by atoms with Crippen LogP contribution in [0.3, 0.4) is 0 Å². The lowest BCUT2D eigenvalue weighted by Gasteiger charge is -2.21. The number of halogens is 2. The summed E-state index contributed by atoms with van der Waals surface area (Å²) in [4.78, 5) is 15.5. The number of carbonyl (C=O) groups is 1. The summed E-state index contributed by atoms with van der Waals surface area (Å²) in [5.74, 6) is -1.29. The van der Waals surface area contributed by atoms with Gasteiger partial charge in [-0.2, -0.15) is 0 Å². The van der Waals surface area contributed by atoms with Crippen LogP contribution in [0.1, 0.15) is 54.1 Å². The van der Waals surface area contributed by atoms with Gasteiger partial charge in [-0.1, -0.05) is 25.3 Å². The van der Waals surface area contributed by atoms with Gasteiger partial charge in [-0.05, 0) is 54.7 Å². The van der Waals surface area contributed by atoms with E-state index in [2.05, 4.69) is 22.4 Å². The number of H-pyrrole nitrogens is 1. The number of fused-ring (bicyclic) bond motifs is 1. The number of aromatic nitrogens is 1. The molecule has 1 heterocycles. The molecule has 134 valence electrons. The van der Waals surface area contributed by atoms with E-state index >= 15 is 0 Å². The van der Waals surface area contributed by atoms with Gasteiger partial charge in [0.2, 0.25) is 0 Å². The number of aromatic amines is 1. The highest BCUT2D eigenvalue weighted by Gasteiger charge is 2.17. The number of hydrogen-bond acceptors (Lipinski definition) is 1. The maximum Gasteiger partial charge on any atom is 0.272 e. The molecule has 3 aromatic rings. The third-order valence-electron chi connectivity index (χ3n) is 5.09. The van der Waals surface area contributed by atoms with E-state index in [0.717, 1.165) is 29.1 Å². The predicted molar refractivity (Wildman–Crippen MR) is 98.4 cm³/mol. The lowest BCUT2D eigenvalue weighted by atomic mass is 9.84. The number of nitrogens with one attached hydrogen (secondary N) is 2. The molecule has 3 nitrogen and oxygen atoms in total. The van der Waals surface area contributed by atoms with Gasteiger partial charge in [0.1, 0.15) is 17.3 Å². The molecule has 1 amide bonds. The number of rotatable bonds is 3. The van der Waals surface area contributed by atoms with Crippen LogP contribution in [0.4, 0.5) is 14.5 Å². The molecule has 0 bridgehead atoms. The van der Waals surface area contributed by atoms with E-state index in [1.807, 2.05) is 6.07 Å². The molecule has 0 atom stereocenters. The maximum atomic E-state index is 13.3. The fourth-order valence-corrected chi connectivity index (χ4v) is 3.79. The fraction of sp³-hybridized carbons (Fsp3) is 0.286. The zero-order valence-corrected chi connectivity index (χ0v) is 14.3. The molecule has 0 unspecified atom stereocenters. The Balaban J connectivity index is 1.57. The van der Waals surface area contributed by atoms with E-state index in [1.165, 1.54) is 37.7 Å². The lowest BCUT2D eigenvalue weighted by molar-refractivity contribution is 0.102. The first kappa shape index (κ1) is 16.8. The van der Waals surface area contributed by atoms with Crippen molar-refractivity contribution >= 4 is 22.5 Å². The van der Waals surface area contributed by atoms with E-state index in [4.69, 9.17) is 0 Å². The monoisotopic (exact) mass is 354 g/mol. The molecule has 1 aliphatic rings. The van der Waals surface area contributed by atoms with E-state index < -0.39 is 17.5 Å². The lowest BCUT2D eigenvalue weighted by Crippen LogP contribution is -2.12. The van der Waals surface area contributed by atoms with E-state index in [1.54, 1.807) is 6.07 Å². The third-order valence-corrected chi connectivity index (χ3v) is 5.09. The molecule has 0 aliphatic heterocycles. The van der Waals surface area contributed by atoms with Crippen LogP contribution < -0.4 is 5.32 Å². The Morgan fingerprint density at radius 2 is 1.69 bits per heavy atom. The summed E-state index contributed by atoms with van der Waals surface area (Å²) in [5.41, 5.74) is 2.65. The Morgan fingerprint density at radius 1 is 0.962 bits per heavy atom. The van der Waals surface area contributed by atoms with Crippen molar-refractivity contribution in [1.82, 2.24) is 4.98 Å². The highest BCUT2D eigenvalue weighted by molar-refractivity contribution is 6.06. The molecule has 0 radical (unpaired) electrons. The molecule has 5 heteroatoms. The molecule has 1 saturated carbocycles. The van der Waals surface area contributed by atoms with Crippen LogP contribution in [0.5, 0.6) is 0 Å². The summed E-state index contributed by atoms with van der Waals surface area (Å²) in [7, 11) is 0. The SMILES string of the molecule is O=C(Nc1cc(F)cc(F)c1)c1cc2cc(C3CCCCC3)ccc2[nH]1. The highest BCUT2D eigenvalue weighted by atomic mass is 19.1. The van der Waals surface area contributed by atoms with Crippen LogP contribution in [0.2, 0.25) is 0 Å². The second kappa shape index (κ2) is 6.90. The van der Waals surface area contributed by atoms with Crippen LogP contribution in [0.25, 0.3) is 10.9 Å². The van der Waals surface area contributed by atoms with E-state index in [9.17, 15) is 13.6 Å². The number of anilines is 1. The topological polar surface area (TPSA) is 44.9 Å². The second-order valence-corrected chi connectivity index (χ2v) is 6.98. The summed E-state index contributed by atoms with van der Waals surface area (Å²) in [6.45, 7) is 0. The zero-order valence-electron chi connectivity index (χ0n) is 14.3. The number of carbonyl (C=O) groups excluding carboxylic acids is 1. The molecule has 0 saturated heterocycles. The number of benzene rings is 2. The van der Waals surface area contributed by atoms with E-state index in [0.29, 0.717) is 11.6 Å². The Morgan fingerprint density at radius 3 is 2.42 bits per heavy atom. The largest absolute Gasteiger partial charge is 0.351 e. The third kappa shape index (κ3) is 3.47. The quantitative estimate of drug-likeness (QED) is 0.618. The van der Waals surface area contributed by atoms with E-state index in [-0.39, 0.29) is 5.69 Å². The van der Waals surface area contributed by atoms with Crippen molar-refractivity contribution in [3.8, 4) is 0 Å². The minimum atomic E-state index is -0.728. The highest BCUT2D eigenvalue weighted by Crippen LogP contribution is 2.34. The Hall–Kier alpha value is -2.69. The summed E-state index contributed by atoms with van der Waals surface area (Å²) >= 11 is 0. The molecule has 2 aromatic carbocycles. The molecule has 26 heavy (non-hydrogen) atoms. The fourth-order valence-electron chi connectivity index (χ4n) is 3.79. The minimum absolute atomic E-state index is 0.0917. The van der Waals surface area contributed by atoms with Crippen LogP contribution in [-0.4, -0.2) is 10.9 Å². The Labute approximate surface area is 150 Å². The van der Waals surface area contributed by atoms with Crippen molar-refractivity contribution in [1.29, 1.82) is 0 Å². The molecule has 1 fully saturated rings. The maximum absolute atomic E-state index is 13.3. The van der Waals surface area contributed by atoms with Gasteiger partial charge in [-0.15, -0.1) is 0 Å². The summed E-state index contributed by atoms with van der Waals surface area (Å²) in [5, 5.41) is 3.50. The Kier molecular flexibility index (Phi) is 4.45. The summed E-state index contributed by atoms with van der Waals surface area (Å²) in [6.07, 6.45) is 6.29. The first-order chi connectivity index (χ1) is 12.6. The average Bonchev–Trinajstić information content (AvgIpc) is 3.05. The van der Waals surface area contributed by atoms with Crippen molar-refractivity contribution in [2.75, 3.05) is 5.32 Å². The first-order valence-electron chi connectivity index (χ1n) is 8.98. The molecule has 2 N–H and O–H groups in total. The van der Waals surface area contributed by atoms with Gasteiger partial charge in [-0.25, -0.2) is 8.78 Å². The summed E-state index contributed by atoms with van der Waals surface area (Å²) in [6, 6.07) is 11.0. The first-order valence-corrected chi connectivity index (χ1v) is 8.98. The number of hydrogen-bond donors (Lipinski definition) is 2. The van der Waals surface area contributed by atoms with Crippen LogP contribution in [0, 0.1) is 11.6 Å². The number of amides is 1. The predicted octanol–water partition coefficient (Wildman–Crippen LogP) is 5.75. The van der Waals surface area contributed by atoms with Crippen LogP contribution in [0.15, 0.2) is 42.5 Å². The van der Waals surface area contributed by atoms with Gasteiger partial charge in [0, 0.05) is 22.7 Å². The normalized spacial score (nSPS) is 15.3. The van der Waals surface area contributed by atoms with Crippen LogP contribution in [-0.2, 0) is 0 Å². The van der Waals surface area contributed by atoms with Gasteiger partial charge >= 0.3 is 0 Å². The summed E-state index contributed by atoms with van der Waals surface area (Å²) < 4.78 is 26.5. The van der Waals surface area contributed by atoms with Gasteiger partial charge in [0.05, 0.1) is 0 Å². The van der Waals surface area contributed by atoms with Crippen molar-refractivity contribution in [3.63, 3.8) is 0 Å². The molecule has 0 spiro atoms. The average molecular weight is 354 g/mol. The van der Waals surface area contributed by atoms with Gasteiger partial charge < -0.3 is 10.3 Å². The van der Waals surface area contributed by atoms with Crippen LogP contribution >= 0.6 is 0 Å². The van der Waals surface area contributed by atoms with Crippen molar-refractivity contribution in [2.45, 2.75) is 38.0 Å². The molecule has 4 rings (SSSR count). The zero-order chi connectivity index (χ0) is 18.1. The van der Waals surface area contributed by atoms with Crippen molar-refractivity contribution in [2.24, 2.45) is 0 Å². The van der Waals surface area contributed by atoms with Crippen molar-refractivity contribution in [3.05, 3.63) is 65.4 Å². The van der Waals surface area contributed by atoms with Crippen molar-refractivity contribution < 1.29 is 13.6 Å². The smallest absolute Gasteiger partial charge is 0.272 e. The standard InChI is InChI=1S/C21H20F2N2O/c22-16-10-17(23)12-18(11-16)24-21(26)20-9-15-8-14(6-7-19(15)25-20)13-4-2-1-3-5-13/h6-13,25H,1-5H2,(H,24,26). The van der Waals surface area contributed by atoms with Gasteiger partial charge in [-0.3, -0.25) is 4.79 Å². The molecule has 1 aliphatic carbocycles. The molecule has 1 aromatic heterocycles.